The average molecular weight is 133 g/mol. The van der Waals surface area contributed by atoms with Gasteiger partial charge in [-0.2, -0.15) is 0 Å². The molecule has 0 saturated heterocycles. The molecular weight excluding hydrogens is 124 g/mol. The molecule has 0 heterocycles. The fourth-order valence-electron chi connectivity index (χ4n) is 0.297. The summed E-state index contributed by atoms with van der Waals surface area (Å²) < 4.78 is 0. The van der Waals surface area contributed by atoms with Gasteiger partial charge in [-0.3, -0.25) is 0 Å². The fraction of sp³-hybridized carbons (Fsp3) is 0.600. The molecule has 0 saturated carbocycles. The van der Waals surface area contributed by atoms with E-state index in [2.05, 4.69) is 11.5 Å². The van der Waals surface area contributed by atoms with E-state index in [4.69, 9.17) is 11.6 Å². The van der Waals surface area contributed by atoms with Gasteiger partial charge < -0.3 is 0 Å². The first kappa shape index (κ1) is 7.07. The van der Waals surface area contributed by atoms with Gasteiger partial charge in [-0.1, -0.05) is 5.92 Å². The Balaban J connectivity index is 3.72. The highest BCUT2D eigenvalue weighted by molar-refractivity contribution is 6.27. The summed E-state index contributed by atoms with van der Waals surface area (Å²) >= 11 is 5.68. The van der Waals surface area contributed by atoms with Crippen molar-refractivity contribution in [3.05, 3.63) is 0 Å². The van der Waals surface area contributed by atoms with Gasteiger partial charge in [-0.05, 0) is 13.8 Å². The molecule has 2 heteroatoms. The average Bonchev–Trinajstić information content (AvgIpc) is 1.30. The fourth-order valence-corrected chi connectivity index (χ4v) is 1.18. The lowest BCUT2D eigenvalue weighted by Gasteiger charge is -2.02. The first-order valence-electron chi connectivity index (χ1n) is 2.19. The molecule has 0 unspecified atom stereocenters. The summed E-state index contributed by atoms with van der Waals surface area (Å²) in [4.78, 5) is -0.304. The van der Waals surface area contributed by atoms with Crippen molar-refractivity contribution >= 4 is 21.8 Å². The third-order valence-corrected chi connectivity index (χ3v) is 0.767. The Morgan fingerprint density at radius 1 is 1.57 bits per heavy atom. The highest BCUT2D eigenvalue weighted by atomic mass is 35.5. The predicted octanol–water partition coefficient (Wildman–Crippen LogP) is 0.330. The lowest BCUT2D eigenvalue weighted by atomic mass is 10.2. The lowest BCUT2D eigenvalue weighted by molar-refractivity contribution is 0.918. The zero-order valence-electron chi connectivity index (χ0n) is 4.88. The molecule has 0 aliphatic heterocycles. The summed E-state index contributed by atoms with van der Waals surface area (Å²) in [5.41, 5.74) is 2.86. The number of rotatable bonds is 0. The van der Waals surface area contributed by atoms with Crippen LogP contribution in [-0.4, -0.2) is 15.1 Å². The molecule has 0 aliphatic carbocycles. The molecule has 0 radical (unpaired) electrons. The van der Waals surface area contributed by atoms with Crippen molar-refractivity contribution in [3.63, 3.8) is 0 Å². The molecule has 0 amide bonds. The van der Waals surface area contributed by atoms with E-state index in [1.54, 1.807) is 0 Å². The largest absolute Gasteiger partial charge is 0.142 e. The SMILES string of the molecule is CC(C)(Cl)C#C[SiH3]. The Morgan fingerprint density at radius 3 is 2.00 bits per heavy atom. The summed E-state index contributed by atoms with van der Waals surface area (Å²) in [6.07, 6.45) is 0. The maximum absolute atomic E-state index is 5.68. The Bertz CT molecular complexity index is 101. The van der Waals surface area contributed by atoms with Crippen LogP contribution >= 0.6 is 11.6 Å². The van der Waals surface area contributed by atoms with Crippen LogP contribution in [0, 0.1) is 11.5 Å². The minimum Gasteiger partial charge on any atom is -0.142 e. The van der Waals surface area contributed by atoms with E-state index in [0.717, 1.165) is 10.2 Å². The summed E-state index contributed by atoms with van der Waals surface area (Å²) in [6, 6.07) is 0. The van der Waals surface area contributed by atoms with Gasteiger partial charge in [-0.25, -0.2) is 0 Å². The predicted molar refractivity (Wildman–Crippen MR) is 37.6 cm³/mol. The molecule has 0 spiro atoms. The molecule has 7 heavy (non-hydrogen) atoms. The van der Waals surface area contributed by atoms with Crippen molar-refractivity contribution in [1.82, 2.24) is 0 Å². The zero-order valence-corrected chi connectivity index (χ0v) is 7.63. The molecule has 0 aromatic rings. The van der Waals surface area contributed by atoms with Crippen LogP contribution in [0.1, 0.15) is 13.8 Å². The van der Waals surface area contributed by atoms with E-state index in [9.17, 15) is 0 Å². The molecule has 0 rings (SSSR count). The maximum atomic E-state index is 5.68. The molecule has 0 aliphatic rings. The third-order valence-electron chi connectivity index (χ3n) is 0.422. The van der Waals surface area contributed by atoms with Gasteiger partial charge in [0.05, 0.1) is 15.1 Å². The third kappa shape index (κ3) is 6.07. The second-order valence-corrected chi connectivity index (χ2v) is 3.29. The lowest BCUT2D eigenvalue weighted by Crippen LogP contribution is -2.04. The van der Waals surface area contributed by atoms with Crippen LogP contribution in [0.5, 0.6) is 0 Å². The minimum absolute atomic E-state index is 0.304. The monoisotopic (exact) mass is 132 g/mol. The standard InChI is InChI=1S/C5H9ClSi/c1-5(2,6)3-4-7/h1-2,7H3. The molecule has 0 aromatic carbocycles. The molecule has 0 N–H and O–H groups in total. The van der Waals surface area contributed by atoms with Gasteiger partial charge in [0, 0.05) is 0 Å². The molecule has 0 atom stereocenters. The quantitative estimate of drug-likeness (QED) is 0.253. The van der Waals surface area contributed by atoms with E-state index in [0.29, 0.717) is 0 Å². The smallest absolute Gasteiger partial charge is 0.0987 e. The molecule has 0 aromatic heterocycles. The summed E-state index contributed by atoms with van der Waals surface area (Å²) in [5, 5.41) is 0. The first-order chi connectivity index (χ1) is 3.06. The number of alkyl halides is 1. The van der Waals surface area contributed by atoms with E-state index in [1.807, 2.05) is 13.8 Å². The topological polar surface area (TPSA) is 0 Å². The number of hydrogen-bond donors (Lipinski definition) is 0. The van der Waals surface area contributed by atoms with Gasteiger partial charge in [0.15, 0.2) is 0 Å². The molecular formula is C5H9ClSi. The van der Waals surface area contributed by atoms with Crippen LogP contribution in [0.25, 0.3) is 0 Å². The number of halogens is 1. The Hall–Kier alpha value is 0.0669. The van der Waals surface area contributed by atoms with Crippen LogP contribution < -0.4 is 0 Å². The van der Waals surface area contributed by atoms with Crippen LogP contribution in [0.4, 0.5) is 0 Å². The Morgan fingerprint density at radius 2 is 2.00 bits per heavy atom. The van der Waals surface area contributed by atoms with Crippen LogP contribution in [0.15, 0.2) is 0 Å². The van der Waals surface area contributed by atoms with Crippen LogP contribution in [0.3, 0.4) is 0 Å². The van der Waals surface area contributed by atoms with Gasteiger partial charge in [0.25, 0.3) is 0 Å². The summed E-state index contributed by atoms with van der Waals surface area (Å²) in [7, 11) is 0.924. The van der Waals surface area contributed by atoms with Crippen molar-refractivity contribution in [2.45, 2.75) is 18.7 Å². The highest BCUT2D eigenvalue weighted by Gasteiger charge is 2.05. The summed E-state index contributed by atoms with van der Waals surface area (Å²) in [5.74, 6) is 2.86. The normalized spacial score (nSPS) is 10.1. The summed E-state index contributed by atoms with van der Waals surface area (Å²) in [6.45, 7) is 3.78. The van der Waals surface area contributed by atoms with E-state index >= 15 is 0 Å². The van der Waals surface area contributed by atoms with Crippen LogP contribution in [0.2, 0.25) is 0 Å². The first-order valence-corrected chi connectivity index (χ1v) is 3.57. The van der Waals surface area contributed by atoms with Crippen molar-refractivity contribution in [3.8, 4) is 11.5 Å². The van der Waals surface area contributed by atoms with Crippen molar-refractivity contribution in [1.29, 1.82) is 0 Å². The Kier molecular flexibility index (Phi) is 2.42. The van der Waals surface area contributed by atoms with Crippen molar-refractivity contribution < 1.29 is 0 Å². The van der Waals surface area contributed by atoms with Crippen molar-refractivity contribution in [2.75, 3.05) is 0 Å². The second kappa shape index (κ2) is 2.39. The maximum Gasteiger partial charge on any atom is 0.0987 e. The van der Waals surface area contributed by atoms with Gasteiger partial charge in [-0.15, -0.1) is 17.1 Å². The van der Waals surface area contributed by atoms with Gasteiger partial charge in [0.2, 0.25) is 0 Å². The van der Waals surface area contributed by atoms with Gasteiger partial charge in [0.1, 0.15) is 0 Å². The molecule has 0 nitrogen and oxygen atoms in total. The molecule has 0 bridgehead atoms. The molecule has 40 valence electrons. The van der Waals surface area contributed by atoms with Gasteiger partial charge >= 0.3 is 0 Å². The van der Waals surface area contributed by atoms with E-state index < -0.39 is 0 Å². The van der Waals surface area contributed by atoms with Crippen LogP contribution in [-0.2, 0) is 0 Å². The zero-order chi connectivity index (χ0) is 5.91. The Labute approximate surface area is 52.7 Å². The van der Waals surface area contributed by atoms with Crippen molar-refractivity contribution in [2.24, 2.45) is 0 Å². The minimum atomic E-state index is -0.304. The van der Waals surface area contributed by atoms with E-state index in [1.165, 1.54) is 0 Å². The van der Waals surface area contributed by atoms with E-state index in [-0.39, 0.29) is 4.87 Å². The molecule has 0 fully saturated rings. The number of hydrogen-bond acceptors (Lipinski definition) is 0. The second-order valence-electron chi connectivity index (χ2n) is 1.85. The highest BCUT2D eigenvalue weighted by Crippen LogP contribution is 2.08.